The zero-order valence-corrected chi connectivity index (χ0v) is 13.9. The van der Waals surface area contributed by atoms with Gasteiger partial charge in [-0.2, -0.15) is 0 Å². The van der Waals surface area contributed by atoms with E-state index in [2.05, 4.69) is 19.1 Å². The van der Waals surface area contributed by atoms with Crippen LogP contribution in [0.4, 0.5) is 0 Å². The zero-order valence-electron chi connectivity index (χ0n) is 13.9. The number of rotatable bonds is 6. The molecule has 2 heteroatoms. The Kier molecular flexibility index (Phi) is 5.32. The summed E-state index contributed by atoms with van der Waals surface area (Å²) >= 11 is 0. The molecule has 0 amide bonds. The lowest BCUT2D eigenvalue weighted by molar-refractivity contribution is 0.0101. The summed E-state index contributed by atoms with van der Waals surface area (Å²) in [5, 5.41) is 20.5. The molecule has 1 unspecified atom stereocenters. The van der Waals surface area contributed by atoms with Crippen molar-refractivity contribution in [2.24, 2.45) is 11.3 Å². The van der Waals surface area contributed by atoms with Crippen molar-refractivity contribution in [2.75, 3.05) is 0 Å². The van der Waals surface area contributed by atoms with Crippen molar-refractivity contribution in [3.63, 3.8) is 0 Å². The van der Waals surface area contributed by atoms with Crippen molar-refractivity contribution >= 4 is 0 Å². The SMILES string of the molecule is CCC(O)(/C=C/CCC1=CCC2[C@@H](O)CCC[C@]12C)CC. The summed E-state index contributed by atoms with van der Waals surface area (Å²) in [6.07, 6.45) is 14.4. The number of aliphatic hydroxyl groups excluding tert-OH is 1. The maximum Gasteiger partial charge on any atom is 0.0822 e. The Morgan fingerprint density at radius 2 is 2.10 bits per heavy atom. The van der Waals surface area contributed by atoms with Crippen LogP contribution in [0.3, 0.4) is 0 Å². The molecule has 0 aliphatic heterocycles. The van der Waals surface area contributed by atoms with Gasteiger partial charge in [0.1, 0.15) is 0 Å². The molecular weight excluding hydrogens is 260 g/mol. The second-order valence-electron chi connectivity index (χ2n) is 7.20. The molecule has 21 heavy (non-hydrogen) atoms. The van der Waals surface area contributed by atoms with Crippen LogP contribution in [0, 0.1) is 11.3 Å². The lowest BCUT2D eigenvalue weighted by Crippen LogP contribution is -2.38. The molecule has 1 saturated carbocycles. The smallest absolute Gasteiger partial charge is 0.0822 e. The van der Waals surface area contributed by atoms with Crippen molar-refractivity contribution < 1.29 is 10.2 Å². The normalized spacial score (nSPS) is 33.3. The van der Waals surface area contributed by atoms with Crippen molar-refractivity contribution in [2.45, 2.75) is 83.8 Å². The third-order valence-electron chi connectivity index (χ3n) is 6.06. The van der Waals surface area contributed by atoms with Gasteiger partial charge < -0.3 is 10.2 Å². The number of fused-ring (bicyclic) bond motifs is 1. The van der Waals surface area contributed by atoms with Crippen LogP contribution in [0.15, 0.2) is 23.8 Å². The van der Waals surface area contributed by atoms with Gasteiger partial charge in [0.05, 0.1) is 11.7 Å². The van der Waals surface area contributed by atoms with Crippen LogP contribution in [-0.4, -0.2) is 21.9 Å². The highest BCUT2D eigenvalue weighted by molar-refractivity contribution is 5.24. The fourth-order valence-corrected chi connectivity index (χ4v) is 4.22. The minimum absolute atomic E-state index is 0.113. The van der Waals surface area contributed by atoms with Crippen LogP contribution in [0.2, 0.25) is 0 Å². The molecule has 0 spiro atoms. The number of hydrogen-bond acceptors (Lipinski definition) is 2. The highest BCUT2D eigenvalue weighted by Gasteiger charge is 2.46. The number of hydrogen-bond donors (Lipinski definition) is 2. The predicted octanol–water partition coefficient (Wildman–Crippen LogP) is 4.37. The van der Waals surface area contributed by atoms with Gasteiger partial charge in [0.25, 0.3) is 0 Å². The lowest BCUT2D eigenvalue weighted by Gasteiger charge is -2.42. The maximum atomic E-state index is 10.3. The van der Waals surface area contributed by atoms with Crippen molar-refractivity contribution in [3.05, 3.63) is 23.8 Å². The standard InChI is InChI=1S/C19H32O2/c1-4-19(21,5-2)14-7-6-9-15-11-12-16-17(20)10-8-13-18(15,16)3/h7,11,14,16-17,20-21H,4-6,8-10,12-13H2,1-3H3/b14-7+/t16?,17-,18+/m0/s1. The molecule has 2 rings (SSSR count). The molecule has 2 nitrogen and oxygen atoms in total. The van der Waals surface area contributed by atoms with E-state index in [-0.39, 0.29) is 11.5 Å². The number of aliphatic hydroxyl groups is 2. The molecule has 0 heterocycles. The van der Waals surface area contributed by atoms with Crippen LogP contribution >= 0.6 is 0 Å². The number of allylic oxidation sites excluding steroid dienone is 3. The Morgan fingerprint density at radius 3 is 2.76 bits per heavy atom. The van der Waals surface area contributed by atoms with Gasteiger partial charge in [0, 0.05) is 0 Å². The topological polar surface area (TPSA) is 40.5 Å². The van der Waals surface area contributed by atoms with Gasteiger partial charge in [-0.25, -0.2) is 0 Å². The molecule has 0 saturated heterocycles. The summed E-state index contributed by atoms with van der Waals surface area (Å²) in [6.45, 7) is 6.40. The van der Waals surface area contributed by atoms with Gasteiger partial charge in [-0.3, -0.25) is 0 Å². The van der Waals surface area contributed by atoms with E-state index in [1.54, 1.807) is 0 Å². The minimum Gasteiger partial charge on any atom is -0.393 e. The quantitative estimate of drug-likeness (QED) is 0.714. The Morgan fingerprint density at radius 1 is 1.38 bits per heavy atom. The summed E-state index contributed by atoms with van der Waals surface area (Å²) in [5.74, 6) is 0.438. The third kappa shape index (κ3) is 3.43. The van der Waals surface area contributed by atoms with Crippen molar-refractivity contribution in [1.29, 1.82) is 0 Å². The van der Waals surface area contributed by atoms with Gasteiger partial charge in [-0.15, -0.1) is 0 Å². The summed E-state index contributed by atoms with van der Waals surface area (Å²) in [7, 11) is 0. The summed E-state index contributed by atoms with van der Waals surface area (Å²) < 4.78 is 0. The molecule has 0 radical (unpaired) electrons. The van der Waals surface area contributed by atoms with Gasteiger partial charge in [-0.1, -0.05) is 44.6 Å². The molecule has 0 aromatic carbocycles. The van der Waals surface area contributed by atoms with Crippen molar-refractivity contribution in [1.82, 2.24) is 0 Å². The summed E-state index contributed by atoms with van der Waals surface area (Å²) in [4.78, 5) is 0. The first-order valence-corrected chi connectivity index (χ1v) is 8.73. The summed E-state index contributed by atoms with van der Waals surface area (Å²) in [6, 6.07) is 0. The van der Waals surface area contributed by atoms with E-state index < -0.39 is 5.60 Å². The molecule has 1 fully saturated rings. The van der Waals surface area contributed by atoms with E-state index >= 15 is 0 Å². The molecular formula is C19H32O2. The van der Waals surface area contributed by atoms with Gasteiger partial charge >= 0.3 is 0 Å². The van der Waals surface area contributed by atoms with E-state index in [0.29, 0.717) is 5.92 Å². The van der Waals surface area contributed by atoms with E-state index in [1.807, 2.05) is 19.9 Å². The molecule has 2 N–H and O–H groups in total. The fourth-order valence-electron chi connectivity index (χ4n) is 4.22. The van der Waals surface area contributed by atoms with Gasteiger partial charge in [-0.05, 0) is 62.7 Å². The minimum atomic E-state index is -0.627. The first-order valence-electron chi connectivity index (χ1n) is 8.73. The van der Waals surface area contributed by atoms with Gasteiger partial charge in [0.15, 0.2) is 0 Å². The van der Waals surface area contributed by atoms with E-state index in [1.165, 1.54) is 12.0 Å². The highest BCUT2D eigenvalue weighted by Crippen LogP contribution is 2.53. The largest absolute Gasteiger partial charge is 0.393 e. The Labute approximate surface area is 130 Å². The molecule has 2 aliphatic carbocycles. The molecule has 0 aromatic heterocycles. The van der Waals surface area contributed by atoms with Crippen LogP contribution in [0.5, 0.6) is 0 Å². The lowest BCUT2D eigenvalue weighted by atomic mass is 9.64. The van der Waals surface area contributed by atoms with E-state index in [4.69, 9.17) is 0 Å². The predicted molar refractivity (Wildman–Crippen MR) is 88.1 cm³/mol. The fraction of sp³-hybridized carbons (Fsp3) is 0.789. The van der Waals surface area contributed by atoms with Crippen LogP contribution in [0.1, 0.15) is 72.1 Å². The molecule has 3 atom stereocenters. The maximum absolute atomic E-state index is 10.3. The molecule has 2 aliphatic rings. The molecule has 0 aromatic rings. The average molecular weight is 292 g/mol. The highest BCUT2D eigenvalue weighted by atomic mass is 16.3. The second kappa shape index (κ2) is 6.66. The van der Waals surface area contributed by atoms with Gasteiger partial charge in [0.2, 0.25) is 0 Å². The Balaban J connectivity index is 1.91. The first-order chi connectivity index (χ1) is 9.95. The third-order valence-corrected chi connectivity index (χ3v) is 6.06. The van der Waals surface area contributed by atoms with E-state index in [0.717, 1.165) is 44.9 Å². The van der Waals surface area contributed by atoms with Crippen LogP contribution < -0.4 is 0 Å². The summed E-state index contributed by atoms with van der Waals surface area (Å²) in [5.41, 5.74) is 1.13. The Bertz CT molecular complexity index is 406. The first kappa shape index (κ1) is 16.8. The molecule has 0 bridgehead atoms. The van der Waals surface area contributed by atoms with E-state index in [9.17, 15) is 10.2 Å². The van der Waals surface area contributed by atoms with Crippen LogP contribution in [0.25, 0.3) is 0 Å². The van der Waals surface area contributed by atoms with Crippen molar-refractivity contribution in [3.8, 4) is 0 Å². The average Bonchev–Trinajstić information content (AvgIpc) is 2.81. The monoisotopic (exact) mass is 292 g/mol. The van der Waals surface area contributed by atoms with Crippen LogP contribution in [-0.2, 0) is 0 Å². The zero-order chi connectivity index (χ0) is 15.5. The Hall–Kier alpha value is -0.600. The molecule has 120 valence electrons. The second-order valence-corrected chi connectivity index (χ2v) is 7.20.